The maximum absolute atomic E-state index is 2.00. The summed E-state index contributed by atoms with van der Waals surface area (Å²) in [6.07, 6.45) is 0. The largest absolute Gasteiger partial charge is 0.187 e. The Labute approximate surface area is 53.8 Å². The van der Waals surface area contributed by atoms with Gasteiger partial charge in [-0.05, 0) is 0 Å². The van der Waals surface area contributed by atoms with Crippen molar-refractivity contribution in [2.45, 2.75) is 6.82 Å². The third-order valence-corrected chi connectivity index (χ3v) is 0. The molecule has 0 aromatic heterocycles. The van der Waals surface area contributed by atoms with E-state index in [2.05, 4.69) is 0 Å². The van der Waals surface area contributed by atoms with Gasteiger partial charge in [-0.25, -0.2) is 0 Å². The van der Waals surface area contributed by atoms with Gasteiger partial charge in [0.25, 0.3) is 0 Å². The summed E-state index contributed by atoms with van der Waals surface area (Å²) < 4.78 is 0. The molecule has 3 heteroatoms. The third kappa shape index (κ3) is 10.3. The topological polar surface area (TPSA) is 0 Å². The molecule has 0 radical (unpaired) electrons. The molecular formula is CH8AlBTi. The Morgan fingerprint density at radius 1 is 1.25 bits per heavy atom. The second-order valence-electron chi connectivity index (χ2n) is 0. The zero-order valence-corrected chi connectivity index (χ0v) is 4.06. The van der Waals surface area contributed by atoms with E-state index in [-0.39, 0.29) is 39.1 Å². The fourth-order valence-electron chi connectivity index (χ4n) is 0. The maximum Gasteiger partial charge on any atom is 0.187 e. The molecule has 0 saturated heterocycles. The summed E-state index contributed by atoms with van der Waals surface area (Å²) >= 11 is 0. The zero-order chi connectivity index (χ0) is 2.00. The van der Waals surface area contributed by atoms with Crippen molar-refractivity contribution in [1.82, 2.24) is 0 Å². The number of rotatable bonds is 0. The van der Waals surface area contributed by atoms with Crippen molar-refractivity contribution in [2.24, 2.45) is 0 Å². The summed E-state index contributed by atoms with van der Waals surface area (Å²) in [5.41, 5.74) is 0. The van der Waals surface area contributed by atoms with E-state index < -0.39 is 0 Å². The van der Waals surface area contributed by atoms with Gasteiger partial charge in [-0.1, -0.05) is 6.82 Å². The maximum atomic E-state index is 2.00. The summed E-state index contributed by atoms with van der Waals surface area (Å²) in [5, 5.41) is 0. The summed E-state index contributed by atoms with van der Waals surface area (Å²) in [6.45, 7) is 2.00. The van der Waals surface area contributed by atoms with Crippen molar-refractivity contribution in [3.63, 3.8) is 0 Å². The fraction of sp³-hybridized carbons (Fsp3) is 1.00. The average molecular weight is 106 g/mol. The normalized spacial score (nSPS) is 1.25. The minimum atomic E-state index is 0. The van der Waals surface area contributed by atoms with Gasteiger partial charge in [-0.3, -0.25) is 0 Å². The molecule has 0 atom stereocenters. The van der Waals surface area contributed by atoms with E-state index in [0.717, 1.165) is 0 Å². The van der Waals surface area contributed by atoms with Crippen LogP contribution in [0.25, 0.3) is 0 Å². The molecule has 0 N–H and O–H groups in total. The van der Waals surface area contributed by atoms with E-state index in [9.17, 15) is 0 Å². The molecule has 0 aliphatic rings. The molecule has 0 amide bonds. The minimum absolute atomic E-state index is 0. The van der Waals surface area contributed by atoms with Crippen LogP contribution in [0.15, 0.2) is 0 Å². The monoisotopic (exact) mass is 106 g/mol. The molecule has 0 saturated carbocycles. The van der Waals surface area contributed by atoms with E-state index in [1.165, 1.54) is 0 Å². The van der Waals surface area contributed by atoms with Crippen LogP contribution in [0.1, 0.15) is 0 Å². The van der Waals surface area contributed by atoms with Crippen molar-refractivity contribution in [1.29, 1.82) is 0 Å². The van der Waals surface area contributed by atoms with E-state index in [1.54, 1.807) is 0 Å². The average Bonchev–Trinajstić information content (AvgIpc) is 1.00. The van der Waals surface area contributed by atoms with Crippen LogP contribution in [0.2, 0.25) is 6.82 Å². The van der Waals surface area contributed by atoms with E-state index >= 15 is 0 Å². The second kappa shape index (κ2) is 27.5. The Morgan fingerprint density at radius 3 is 1.25 bits per heavy atom. The smallest absolute Gasteiger partial charge is 0.0927 e. The van der Waals surface area contributed by atoms with Crippen molar-refractivity contribution < 1.29 is 21.7 Å². The Kier molecular flexibility index (Phi) is 127. The van der Waals surface area contributed by atoms with Gasteiger partial charge in [-0.15, -0.1) is 0 Å². The molecule has 0 aliphatic carbocycles. The molecule has 0 heterocycles. The summed E-state index contributed by atoms with van der Waals surface area (Å²) in [4.78, 5) is 0. The Balaban J connectivity index is -0.00000000500. The second-order valence-corrected chi connectivity index (χ2v) is 0. The van der Waals surface area contributed by atoms with Crippen LogP contribution in [0.3, 0.4) is 0 Å². The standard InChI is InChI=1S/CH5B.Al.Ti.3H/c1-2;;;;;/h2H2,1H3;;;;;. The molecule has 0 aromatic carbocycles. The van der Waals surface area contributed by atoms with Crippen LogP contribution in [0, 0.1) is 0 Å². The summed E-state index contributed by atoms with van der Waals surface area (Å²) in [7, 11) is 2.00. The molecule has 0 aromatic rings. The van der Waals surface area contributed by atoms with Gasteiger partial charge in [-0.2, -0.15) is 0 Å². The summed E-state index contributed by atoms with van der Waals surface area (Å²) in [5.74, 6) is 0. The quantitative estimate of drug-likeness (QED) is 0.329. The van der Waals surface area contributed by atoms with Gasteiger partial charge < -0.3 is 0 Å². The van der Waals surface area contributed by atoms with Crippen LogP contribution < -0.4 is 0 Å². The van der Waals surface area contributed by atoms with Gasteiger partial charge in [0.05, 0.1) is 7.85 Å². The predicted octanol–water partition coefficient (Wildman–Crippen LogP) is -1.52. The Hall–Kier alpha value is 1.31. The first-order valence-electron chi connectivity index (χ1n) is 1.00. The first-order chi connectivity index (χ1) is 1.00. The van der Waals surface area contributed by atoms with Crippen molar-refractivity contribution in [3.8, 4) is 0 Å². The van der Waals surface area contributed by atoms with Crippen molar-refractivity contribution in [2.75, 3.05) is 0 Å². The summed E-state index contributed by atoms with van der Waals surface area (Å²) in [6, 6.07) is 0. The molecule has 0 rings (SSSR count). The zero-order valence-electron chi connectivity index (χ0n) is 2.50. The molecular weight excluding hydrogens is 97.7 g/mol. The van der Waals surface area contributed by atoms with Gasteiger partial charge >= 0.3 is 0 Å². The first kappa shape index (κ1) is 18.5. The Morgan fingerprint density at radius 2 is 1.25 bits per heavy atom. The molecule has 0 unspecified atom stereocenters. The van der Waals surface area contributed by atoms with Crippen LogP contribution in [-0.4, -0.2) is 25.2 Å². The number of hydrogen-bond donors (Lipinski definition) is 0. The van der Waals surface area contributed by atoms with Crippen LogP contribution in [-0.2, 0) is 21.7 Å². The number of hydrogen-bond acceptors (Lipinski definition) is 0. The molecule has 0 bridgehead atoms. The van der Waals surface area contributed by atoms with Crippen LogP contribution in [0.4, 0.5) is 0 Å². The van der Waals surface area contributed by atoms with Gasteiger partial charge in [0.15, 0.2) is 17.4 Å². The van der Waals surface area contributed by atoms with Gasteiger partial charge in [0.1, 0.15) is 0 Å². The SMILES string of the molecule is BC.[AlH3].[Ti]. The first-order valence-corrected chi connectivity index (χ1v) is 1.00. The third-order valence-electron chi connectivity index (χ3n) is 0. The van der Waals surface area contributed by atoms with E-state index in [4.69, 9.17) is 0 Å². The van der Waals surface area contributed by atoms with Gasteiger partial charge in [0.2, 0.25) is 0 Å². The minimum Gasteiger partial charge on any atom is -0.0927 e. The van der Waals surface area contributed by atoms with Gasteiger partial charge in [0, 0.05) is 21.7 Å². The molecule has 4 heavy (non-hydrogen) atoms. The molecule has 22 valence electrons. The Bertz CT molecular complexity index is 8.00. The van der Waals surface area contributed by atoms with Crippen molar-refractivity contribution >= 4 is 25.2 Å². The fourth-order valence-corrected chi connectivity index (χ4v) is 0. The molecule has 0 aliphatic heterocycles. The van der Waals surface area contributed by atoms with E-state index in [0.29, 0.717) is 0 Å². The molecule has 0 nitrogen and oxygen atoms in total. The van der Waals surface area contributed by atoms with Crippen LogP contribution in [0.5, 0.6) is 0 Å². The molecule has 0 fully saturated rings. The molecule has 0 spiro atoms. The predicted molar refractivity (Wildman–Crippen MR) is 24.3 cm³/mol. The van der Waals surface area contributed by atoms with Crippen LogP contribution >= 0.6 is 0 Å². The van der Waals surface area contributed by atoms with E-state index in [1.807, 2.05) is 14.7 Å². The van der Waals surface area contributed by atoms with Crippen molar-refractivity contribution in [3.05, 3.63) is 0 Å².